The lowest BCUT2D eigenvalue weighted by atomic mass is 10.0. The summed E-state index contributed by atoms with van der Waals surface area (Å²) in [6, 6.07) is 8.90. The van der Waals surface area contributed by atoms with Crippen molar-refractivity contribution in [2.24, 2.45) is 7.05 Å². The van der Waals surface area contributed by atoms with Gasteiger partial charge in [-0.15, -0.1) is 0 Å². The monoisotopic (exact) mass is 350 g/mol. The predicted octanol–water partition coefficient (Wildman–Crippen LogP) is 3.06. The molecule has 114 valence electrons. The molecule has 0 radical (unpaired) electrons. The van der Waals surface area contributed by atoms with Crippen molar-refractivity contribution >= 4 is 21.6 Å². The molecule has 1 unspecified atom stereocenters. The van der Waals surface area contributed by atoms with Crippen molar-refractivity contribution in [3.05, 3.63) is 45.7 Å². The van der Waals surface area contributed by atoms with Crippen LogP contribution in [0.4, 0.5) is 5.69 Å². The first-order valence-electron chi connectivity index (χ1n) is 7.06. The molecule has 1 atom stereocenters. The van der Waals surface area contributed by atoms with Crippen molar-refractivity contribution in [1.29, 1.82) is 0 Å². The maximum Gasteiger partial charge on any atom is 0.0738 e. The Labute approximate surface area is 135 Å². The Hall–Kier alpha value is -1.33. The third kappa shape index (κ3) is 3.47. The Balaban J connectivity index is 2.30. The summed E-state index contributed by atoms with van der Waals surface area (Å²) in [7, 11) is 8.13. The smallest absolute Gasteiger partial charge is 0.0738 e. The second-order valence-corrected chi connectivity index (χ2v) is 6.30. The van der Waals surface area contributed by atoms with Crippen LogP contribution in [0, 0.1) is 6.92 Å². The summed E-state index contributed by atoms with van der Waals surface area (Å²) in [4.78, 5) is 2.13. The lowest BCUT2D eigenvalue weighted by Crippen LogP contribution is -2.21. The van der Waals surface area contributed by atoms with Gasteiger partial charge in [0.2, 0.25) is 0 Å². The minimum atomic E-state index is 0.260. The van der Waals surface area contributed by atoms with Crippen LogP contribution >= 0.6 is 15.9 Å². The lowest BCUT2D eigenvalue weighted by Gasteiger charge is -2.20. The summed E-state index contributed by atoms with van der Waals surface area (Å²) in [5.74, 6) is 0. The molecule has 4 nitrogen and oxygen atoms in total. The Morgan fingerprint density at radius 1 is 1.38 bits per heavy atom. The number of benzene rings is 1. The summed E-state index contributed by atoms with van der Waals surface area (Å²) < 4.78 is 3.06. The van der Waals surface area contributed by atoms with E-state index < -0.39 is 0 Å². The van der Waals surface area contributed by atoms with Crippen LogP contribution in [0.5, 0.6) is 0 Å². The quantitative estimate of drug-likeness (QED) is 0.899. The number of halogens is 1. The third-order valence-electron chi connectivity index (χ3n) is 3.80. The number of rotatable bonds is 5. The molecule has 1 heterocycles. The third-order valence-corrected chi connectivity index (χ3v) is 4.83. The minimum absolute atomic E-state index is 0.260. The predicted molar refractivity (Wildman–Crippen MR) is 91.9 cm³/mol. The average molecular weight is 351 g/mol. The zero-order valence-electron chi connectivity index (χ0n) is 13.3. The zero-order valence-corrected chi connectivity index (χ0v) is 14.9. The average Bonchev–Trinajstić information content (AvgIpc) is 2.70. The summed E-state index contributed by atoms with van der Waals surface area (Å²) in [6.45, 7) is 2.02. The molecule has 0 aliphatic rings. The molecule has 0 saturated carbocycles. The Morgan fingerprint density at radius 2 is 2.10 bits per heavy atom. The maximum atomic E-state index is 4.47. The van der Waals surface area contributed by atoms with Crippen LogP contribution in [0.1, 0.15) is 23.0 Å². The number of hydrogen-bond donors (Lipinski definition) is 1. The van der Waals surface area contributed by atoms with E-state index in [4.69, 9.17) is 0 Å². The first kappa shape index (κ1) is 16.0. The van der Waals surface area contributed by atoms with E-state index in [9.17, 15) is 0 Å². The lowest BCUT2D eigenvalue weighted by molar-refractivity contribution is 0.560. The van der Waals surface area contributed by atoms with Crippen molar-refractivity contribution < 1.29 is 0 Å². The van der Waals surface area contributed by atoms with Crippen LogP contribution in [0.15, 0.2) is 28.7 Å². The van der Waals surface area contributed by atoms with Crippen LogP contribution in [-0.2, 0) is 13.5 Å². The highest BCUT2D eigenvalue weighted by Gasteiger charge is 2.17. The van der Waals surface area contributed by atoms with E-state index >= 15 is 0 Å². The summed E-state index contributed by atoms with van der Waals surface area (Å²) in [6.07, 6.45) is 0.894. The number of hydrogen-bond acceptors (Lipinski definition) is 3. The molecule has 0 fully saturated rings. The van der Waals surface area contributed by atoms with Gasteiger partial charge in [0, 0.05) is 39.3 Å². The second-order valence-electron chi connectivity index (χ2n) is 5.50. The molecular formula is C16H23BrN4. The van der Waals surface area contributed by atoms with E-state index in [1.54, 1.807) is 0 Å². The van der Waals surface area contributed by atoms with Crippen LogP contribution in [0.2, 0.25) is 0 Å². The molecule has 0 amide bonds. The van der Waals surface area contributed by atoms with Gasteiger partial charge in [-0.1, -0.05) is 12.1 Å². The maximum absolute atomic E-state index is 4.47. The molecule has 1 aromatic heterocycles. The molecule has 0 bridgehead atoms. The fourth-order valence-electron chi connectivity index (χ4n) is 2.50. The van der Waals surface area contributed by atoms with Crippen molar-refractivity contribution in [2.75, 3.05) is 26.0 Å². The summed E-state index contributed by atoms with van der Waals surface area (Å²) >= 11 is 3.65. The standard InChI is InChI=1S/C16H23BrN4/c1-11-16(17)15(21(5)19-11)10-14(18-2)12-7-6-8-13(9-12)20(3)4/h6-9,14,18H,10H2,1-5H3. The fourth-order valence-corrected chi connectivity index (χ4v) is 3.00. The molecular weight excluding hydrogens is 328 g/mol. The van der Waals surface area contributed by atoms with Crippen LogP contribution in [0.3, 0.4) is 0 Å². The SMILES string of the molecule is CNC(Cc1c(Br)c(C)nn1C)c1cccc(N(C)C)c1. The van der Waals surface area contributed by atoms with Gasteiger partial charge in [0.25, 0.3) is 0 Å². The number of aryl methyl sites for hydroxylation is 2. The molecule has 5 heteroatoms. The fraction of sp³-hybridized carbons (Fsp3) is 0.438. The Kier molecular flexibility index (Phi) is 5.06. The van der Waals surface area contributed by atoms with Gasteiger partial charge in [0.05, 0.1) is 15.9 Å². The minimum Gasteiger partial charge on any atom is -0.378 e. The Bertz CT molecular complexity index is 619. The van der Waals surface area contributed by atoms with E-state index in [2.05, 4.69) is 69.6 Å². The van der Waals surface area contributed by atoms with Gasteiger partial charge in [0.1, 0.15) is 0 Å². The van der Waals surface area contributed by atoms with Gasteiger partial charge < -0.3 is 10.2 Å². The van der Waals surface area contributed by atoms with E-state index in [0.29, 0.717) is 0 Å². The van der Waals surface area contributed by atoms with Crippen LogP contribution in [-0.4, -0.2) is 30.9 Å². The van der Waals surface area contributed by atoms with Gasteiger partial charge in [-0.2, -0.15) is 5.10 Å². The number of nitrogens with zero attached hydrogens (tertiary/aromatic N) is 3. The number of anilines is 1. The first-order chi connectivity index (χ1) is 9.93. The molecule has 1 N–H and O–H groups in total. The number of nitrogens with one attached hydrogen (secondary N) is 1. The topological polar surface area (TPSA) is 33.1 Å². The molecule has 2 aromatic rings. The van der Waals surface area contributed by atoms with Crippen molar-refractivity contribution in [1.82, 2.24) is 15.1 Å². The highest BCUT2D eigenvalue weighted by molar-refractivity contribution is 9.10. The first-order valence-corrected chi connectivity index (χ1v) is 7.85. The van der Waals surface area contributed by atoms with Crippen molar-refractivity contribution in [2.45, 2.75) is 19.4 Å². The molecule has 0 aliphatic carbocycles. The molecule has 1 aromatic carbocycles. The second kappa shape index (κ2) is 6.62. The molecule has 0 aliphatic heterocycles. The normalized spacial score (nSPS) is 12.5. The highest BCUT2D eigenvalue weighted by Crippen LogP contribution is 2.27. The van der Waals surface area contributed by atoms with Gasteiger partial charge in [0.15, 0.2) is 0 Å². The van der Waals surface area contributed by atoms with Crippen molar-refractivity contribution in [3.8, 4) is 0 Å². The van der Waals surface area contributed by atoms with Gasteiger partial charge in [-0.3, -0.25) is 4.68 Å². The zero-order chi connectivity index (χ0) is 15.6. The van der Waals surface area contributed by atoms with E-state index in [1.807, 2.05) is 25.7 Å². The largest absolute Gasteiger partial charge is 0.378 e. The van der Waals surface area contributed by atoms with Gasteiger partial charge in [-0.25, -0.2) is 0 Å². The van der Waals surface area contributed by atoms with E-state index in [1.165, 1.54) is 16.9 Å². The van der Waals surface area contributed by atoms with Crippen LogP contribution < -0.4 is 10.2 Å². The molecule has 0 spiro atoms. The summed E-state index contributed by atoms with van der Waals surface area (Å²) in [5, 5.41) is 7.89. The molecule has 21 heavy (non-hydrogen) atoms. The van der Waals surface area contributed by atoms with E-state index in [0.717, 1.165) is 16.6 Å². The number of aromatic nitrogens is 2. The Morgan fingerprint density at radius 3 is 2.62 bits per heavy atom. The van der Waals surface area contributed by atoms with E-state index in [-0.39, 0.29) is 6.04 Å². The summed E-state index contributed by atoms with van der Waals surface area (Å²) in [5.41, 5.74) is 4.74. The van der Waals surface area contributed by atoms with Crippen molar-refractivity contribution in [3.63, 3.8) is 0 Å². The molecule has 2 rings (SSSR count). The van der Waals surface area contributed by atoms with Crippen LogP contribution in [0.25, 0.3) is 0 Å². The molecule has 0 saturated heterocycles. The van der Waals surface area contributed by atoms with Gasteiger partial charge >= 0.3 is 0 Å². The highest BCUT2D eigenvalue weighted by atomic mass is 79.9. The number of likely N-dealkylation sites (N-methyl/N-ethyl adjacent to an activating group) is 1. The van der Waals surface area contributed by atoms with Gasteiger partial charge in [-0.05, 0) is 47.6 Å².